The highest BCUT2D eigenvalue weighted by Crippen LogP contribution is 2.58. The maximum absolute atomic E-state index is 5.89. The molecule has 88 valence electrons. The van der Waals surface area contributed by atoms with Gasteiger partial charge in [0.2, 0.25) is 0 Å². The standard InChI is InChI=1S/C14H26O/c1-10-7-12(2,3)9-14(6,8-10)11-13(4,5)15-11/h10-11H,7-9H2,1-6H3. The molecule has 0 aromatic carbocycles. The molecule has 2 aliphatic rings. The predicted octanol–water partition coefficient (Wildman–Crippen LogP) is 4.02. The molecule has 1 aliphatic carbocycles. The second-order valence-corrected chi connectivity index (χ2v) is 7.61. The van der Waals surface area contributed by atoms with Crippen LogP contribution in [0.15, 0.2) is 0 Å². The van der Waals surface area contributed by atoms with Gasteiger partial charge in [0.15, 0.2) is 0 Å². The summed E-state index contributed by atoms with van der Waals surface area (Å²) in [5.41, 5.74) is 1.04. The van der Waals surface area contributed by atoms with Crippen molar-refractivity contribution in [3.05, 3.63) is 0 Å². The average molecular weight is 210 g/mol. The van der Waals surface area contributed by atoms with E-state index in [2.05, 4.69) is 41.5 Å². The van der Waals surface area contributed by atoms with Crippen LogP contribution in [0.1, 0.15) is 60.8 Å². The molecule has 1 heterocycles. The minimum absolute atomic E-state index is 0.141. The Morgan fingerprint density at radius 3 is 1.93 bits per heavy atom. The quantitative estimate of drug-likeness (QED) is 0.596. The lowest BCUT2D eigenvalue weighted by Crippen LogP contribution is -2.40. The fourth-order valence-electron chi connectivity index (χ4n) is 4.50. The molecular weight excluding hydrogens is 184 g/mol. The molecule has 0 amide bonds. The Morgan fingerprint density at radius 2 is 1.53 bits per heavy atom. The Morgan fingerprint density at radius 1 is 1.00 bits per heavy atom. The topological polar surface area (TPSA) is 12.5 Å². The summed E-state index contributed by atoms with van der Waals surface area (Å²) >= 11 is 0. The molecule has 0 radical (unpaired) electrons. The van der Waals surface area contributed by atoms with Crippen molar-refractivity contribution in [1.82, 2.24) is 0 Å². The summed E-state index contributed by atoms with van der Waals surface area (Å²) in [7, 11) is 0. The van der Waals surface area contributed by atoms with E-state index in [1.54, 1.807) is 0 Å². The summed E-state index contributed by atoms with van der Waals surface area (Å²) in [5, 5.41) is 0. The van der Waals surface area contributed by atoms with E-state index in [-0.39, 0.29) is 5.60 Å². The summed E-state index contributed by atoms with van der Waals surface area (Å²) in [4.78, 5) is 0. The Kier molecular flexibility index (Phi) is 2.29. The van der Waals surface area contributed by atoms with Gasteiger partial charge in [-0.25, -0.2) is 0 Å². The number of hydrogen-bond acceptors (Lipinski definition) is 1. The fraction of sp³-hybridized carbons (Fsp3) is 1.00. The van der Waals surface area contributed by atoms with Gasteiger partial charge in [0.05, 0.1) is 11.7 Å². The summed E-state index contributed by atoms with van der Waals surface area (Å²) < 4.78 is 5.89. The Balaban J connectivity index is 2.15. The minimum atomic E-state index is 0.141. The third-order valence-corrected chi connectivity index (χ3v) is 4.23. The molecular formula is C14H26O. The van der Waals surface area contributed by atoms with Crippen molar-refractivity contribution in [2.45, 2.75) is 72.5 Å². The molecule has 0 bridgehead atoms. The van der Waals surface area contributed by atoms with E-state index in [0.29, 0.717) is 16.9 Å². The predicted molar refractivity (Wildman–Crippen MR) is 63.9 cm³/mol. The van der Waals surface area contributed by atoms with E-state index >= 15 is 0 Å². The van der Waals surface area contributed by atoms with Gasteiger partial charge in [-0.3, -0.25) is 0 Å². The molecule has 1 saturated heterocycles. The van der Waals surface area contributed by atoms with Gasteiger partial charge in [0, 0.05) is 0 Å². The molecule has 15 heavy (non-hydrogen) atoms. The van der Waals surface area contributed by atoms with Crippen molar-refractivity contribution in [1.29, 1.82) is 0 Å². The highest BCUT2D eigenvalue weighted by atomic mass is 16.6. The summed E-state index contributed by atoms with van der Waals surface area (Å²) in [5.74, 6) is 0.846. The third-order valence-electron chi connectivity index (χ3n) is 4.23. The summed E-state index contributed by atoms with van der Waals surface area (Å²) in [6.07, 6.45) is 4.52. The second kappa shape index (κ2) is 3.00. The summed E-state index contributed by atoms with van der Waals surface area (Å²) in [6, 6.07) is 0. The van der Waals surface area contributed by atoms with Crippen molar-refractivity contribution in [2.24, 2.45) is 16.7 Å². The average Bonchev–Trinajstić information content (AvgIpc) is 2.54. The molecule has 2 fully saturated rings. The van der Waals surface area contributed by atoms with Crippen LogP contribution in [0.4, 0.5) is 0 Å². The van der Waals surface area contributed by atoms with E-state index in [1.807, 2.05) is 0 Å². The monoisotopic (exact) mass is 210 g/mol. The zero-order valence-electron chi connectivity index (χ0n) is 11.2. The zero-order valence-corrected chi connectivity index (χ0v) is 11.2. The normalized spacial score (nSPS) is 47.6. The lowest BCUT2D eigenvalue weighted by atomic mass is 9.59. The lowest BCUT2D eigenvalue weighted by molar-refractivity contribution is 0.0378. The first-order valence-electron chi connectivity index (χ1n) is 6.33. The van der Waals surface area contributed by atoms with E-state index in [4.69, 9.17) is 4.74 Å². The molecule has 1 saturated carbocycles. The zero-order chi connectivity index (χ0) is 11.5. The van der Waals surface area contributed by atoms with Crippen molar-refractivity contribution in [3.8, 4) is 0 Å². The van der Waals surface area contributed by atoms with Crippen LogP contribution in [-0.4, -0.2) is 11.7 Å². The van der Waals surface area contributed by atoms with Gasteiger partial charge in [-0.05, 0) is 49.9 Å². The van der Waals surface area contributed by atoms with E-state index in [0.717, 1.165) is 5.92 Å². The molecule has 2 rings (SSSR count). The first kappa shape index (κ1) is 11.4. The molecule has 1 heteroatoms. The van der Waals surface area contributed by atoms with Gasteiger partial charge in [0.1, 0.15) is 0 Å². The Bertz CT molecular complexity index is 267. The van der Waals surface area contributed by atoms with Crippen LogP contribution in [0, 0.1) is 16.7 Å². The lowest BCUT2D eigenvalue weighted by Gasteiger charge is -2.45. The van der Waals surface area contributed by atoms with Crippen LogP contribution in [0.3, 0.4) is 0 Å². The van der Waals surface area contributed by atoms with Crippen LogP contribution >= 0.6 is 0 Å². The van der Waals surface area contributed by atoms with E-state index in [1.165, 1.54) is 19.3 Å². The van der Waals surface area contributed by atoms with Gasteiger partial charge in [-0.15, -0.1) is 0 Å². The van der Waals surface area contributed by atoms with Crippen LogP contribution in [-0.2, 0) is 4.74 Å². The molecule has 0 aromatic rings. The Hall–Kier alpha value is -0.0400. The van der Waals surface area contributed by atoms with Crippen LogP contribution in [0.5, 0.6) is 0 Å². The largest absolute Gasteiger partial charge is 0.366 e. The van der Waals surface area contributed by atoms with Crippen LogP contribution < -0.4 is 0 Å². The Labute approximate surface area is 94.6 Å². The number of ether oxygens (including phenoxy) is 1. The number of hydrogen-bond donors (Lipinski definition) is 0. The molecule has 1 aliphatic heterocycles. The second-order valence-electron chi connectivity index (χ2n) is 7.61. The molecule has 0 aromatic heterocycles. The van der Waals surface area contributed by atoms with Crippen molar-refractivity contribution < 1.29 is 4.74 Å². The van der Waals surface area contributed by atoms with E-state index in [9.17, 15) is 0 Å². The van der Waals surface area contributed by atoms with Crippen molar-refractivity contribution in [2.75, 3.05) is 0 Å². The van der Waals surface area contributed by atoms with Gasteiger partial charge >= 0.3 is 0 Å². The van der Waals surface area contributed by atoms with Crippen molar-refractivity contribution in [3.63, 3.8) is 0 Å². The molecule has 0 N–H and O–H groups in total. The van der Waals surface area contributed by atoms with Gasteiger partial charge in [-0.2, -0.15) is 0 Å². The maximum atomic E-state index is 5.89. The SMILES string of the molecule is CC1CC(C)(C)CC(C)(C2OC2(C)C)C1. The molecule has 3 atom stereocenters. The highest BCUT2D eigenvalue weighted by molar-refractivity contribution is 5.08. The summed E-state index contributed by atoms with van der Waals surface area (Å²) in [6.45, 7) is 14.1. The van der Waals surface area contributed by atoms with Gasteiger partial charge in [-0.1, -0.05) is 27.7 Å². The number of rotatable bonds is 1. The highest BCUT2D eigenvalue weighted by Gasteiger charge is 2.60. The van der Waals surface area contributed by atoms with E-state index < -0.39 is 0 Å². The van der Waals surface area contributed by atoms with Crippen LogP contribution in [0.25, 0.3) is 0 Å². The molecule has 3 unspecified atom stereocenters. The first-order valence-corrected chi connectivity index (χ1v) is 6.33. The molecule has 0 spiro atoms. The first-order chi connectivity index (χ1) is 6.65. The maximum Gasteiger partial charge on any atom is 0.0921 e. The fourth-order valence-corrected chi connectivity index (χ4v) is 4.50. The molecule has 1 nitrogen and oxygen atoms in total. The van der Waals surface area contributed by atoms with Crippen molar-refractivity contribution >= 4 is 0 Å². The third kappa shape index (κ3) is 2.08. The van der Waals surface area contributed by atoms with Gasteiger partial charge in [0.25, 0.3) is 0 Å². The smallest absolute Gasteiger partial charge is 0.0921 e. The van der Waals surface area contributed by atoms with Crippen LogP contribution in [0.2, 0.25) is 0 Å². The minimum Gasteiger partial charge on any atom is -0.366 e. The van der Waals surface area contributed by atoms with Gasteiger partial charge < -0.3 is 4.74 Å². The number of epoxide rings is 1.